The van der Waals surface area contributed by atoms with Crippen molar-refractivity contribution in [3.63, 3.8) is 0 Å². The lowest BCUT2D eigenvalue weighted by atomic mass is 9.97. The summed E-state index contributed by atoms with van der Waals surface area (Å²) < 4.78 is 4.07. The van der Waals surface area contributed by atoms with E-state index in [9.17, 15) is 0 Å². The van der Waals surface area contributed by atoms with E-state index >= 15 is 0 Å². The van der Waals surface area contributed by atoms with E-state index in [0.29, 0.717) is 6.42 Å². The molecule has 4 rings (SSSR count). The Morgan fingerprint density at radius 2 is 2.00 bits per heavy atom. The normalized spacial score (nSPS) is 11.4. The fourth-order valence-corrected chi connectivity index (χ4v) is 3.60. The van der Waals surface area contributed by atoms with E-state index in [2.05, 4.69) is 59.0 Å². The van der Waals surface area contributed by atoms with Gasteiger partial charge in [-0.15, -0.1) is 0 Å². The van der Waals surface area contributed by atoms with E-state index in [4.69, 9.17) is 10.2 Å². The van der Waals surface area contributed by atoms with Gasteiger partial charge < -0.3 is 9.13 Å². The Labute approximate surface area is 170 Å². The van der Waals surface area contributed by atoms with Crippen LogP contribution >= 0.6 is 0 Å². The molecular formula is C24H23N5. The van der Waals surface area contributed by atoms with Crippen LogP contribution in [-0.2, 0) is 20.5 Å². The van der Waals surface area contributed by atoms with Crippen LogP contribution in [0.25, 0.3) is 34.4 Å². The average molecular weight is 381 g/mol. The molecule has 0 spiro atoms. The van der Waals surface area contributed by atoms with Crippen LogP contribution in [-0.4, -0.2) is 19.1 Å². The van der Waals surface area contributed by atoms with E-state index in [-0.39, 0.29) is 0 Å². The number of fused-ring (bicyclic) bond motifs is 1. The zero-order valence-electron chi connectivity index (χ0n) is 16.9. The number of nitriles is 1. The Morgan fingerprint density at radius 3 is 2.69 bits per heavy atom. The molecule has 5 nitrogen and oxygen atoms in total. The van der Waals surface area contributed by atoms with Gasteiger partial charge in [-0.05, 0) is 66.4 Å². The number of hydrogen-bond acceptors (Lipinski definition) is 3. The van der Waals surface area contributed by atoms with Crippen LogP contribution in [0.4, 0.5) is 0 Å². The monoisotopic (exact) mass is 381 g/mol. The number of pyridine rings is 1. The molecular weight excluding hydrogens is 358 g/mol. The lowest BCUT2D eigenvalue weighted by Gasteiger charge is -2.11. The minimum atomic E-state index is 0.515. The van der Waals surface area contributed by atoms with E-state index in [0.717, 1.165) is 40.0 Å². The first-order chi connectivity index (χ1) is 14.1. The van der Waals surface area contributed by atoms with Gasteiger partial charge in [0.05, 0.1) is 35.5 Å². The third-order valence-corrected chi connectivity index (χ3v) is 5.30. The van der Waals surface area contributed by atoms with Gasteiger partial charge in [0, 0.05) is 37.8 Å². The van der Waals surface area contributed by atoms with Crippen molar-refractivity contribution in [1.82, 2.24) is 19.1 Å². The van der Waals surface area contributed by atoms with Crippen LogP contribution in [0.15, 0.2) is 49.1 Å². The lowest BCUT2D eigenvalue weighted by molar-refractivity contribution is 0.915. The van der Waals surface area contributed by atoms with Crippen molar-refractivity contribution < 1.29 is 0 Å². The largest absolute Gasteiger partial charge is 0.351 e. The van der Waals surface area contributed by atoms with Gasteiger partial charge in [0.2, 0.25) is 0 Å². The van der Waals surface area contributed by atoms with Crippen molar-refractivity contribution in [3.05, 3.63) is 71.4 Å². The molecule has 0 atom stereocenters. The summed E-state index contributed by atoms with van der Waals surface area (Å²) in [7, 11) is 4.01. The second-order valence-corrected chi connectivity index (χ2v) is 7.32. The quantitative estimate of drug-likeness (QED) is 0.493. The summed E-state index contributed by atoms with van der Waals surface area (Å²) in [5, 5.41) is 10.1. The lowest BCUT2D eigenvalue weighted by Crippen LogP contribution is -1.97. The maximum atomic E-state index is 8.99. The van der Waals surface area contributed by atoms with Gasteiger partial charge in [0.1, 0.15) is 0 Å². The predicted molar refractivity (Wildman–Crippen MR) is 117 cm³/mol. The number of rotatable bonds is 5. The Bertz CT molecular complexity index is 1250. The minimum Gasteiger partial charge on any atom is -0.351 e. The van der Waals surface area contributed by atoms with E-state index in [1.54, 1.807) is 6.33 Å². The van der Waals surface area contributed by atoms with Crippen molar-refractivity contribution in [3.8, 4) is 17.5 Å². The highest BCUT2D eigenvalue weighted by Crippen LogP contribution is 2.29. The zero-order valence-corrected chi connectivity index (χ0v) is 16.9. The summed E-state index contributed by atoms with van der Waals surface area (Å²) in [6.45, 7) is 2.09. The van der Waals surface area contributed by atoms with Crippen LogP contribution in [0, 0.1) is 18.3 Å². The van der Waals surface area contributed by atoms with Gasteiger partial charge in [0.25, 0.3) is 0 Å². The molecule has 0 fully saturated rings. The number of benzene rings is 1. The molecule has 0 aliphatic carbocycles. The first-order valence-electron chi connectivity index (χ1n) is 9.64. The van der Waals surface area contributed by atoms with Crippen molar-refractivity contribution in [2.75, 3.05) is 0 Å². The van der Waals surface area contributed by atoms with Gasteiger partial charge in [0.15, 0.2) is 0 Å². The number of nitrogens with zero attached hydrogens (tertiary/aromatic N) is 5. The summed E-state index contributed by atoms with van der Waals surface area (Å²) in [6, 6.07) is 12.8. The third-order valence-electron chi connectivity index (χ3n) is 5.30. The summed E-state index contributed by atoms with van der Waals surface area (Å²) in [6.07, 6.45) is 11.2. The molecule has 0 amide bonds. The standard InChI is InChI=1S/C24H23N5/c1-17-12-22-21(13-18(17)6-4-10-25)19(8-9-20-7-5-11-28(20)2)14-23(27-22)24-15-26-16-29(24)3/h5,7-9,11-16H,4,6H2,1-3H3. The van der Waals surface area contributed by atoms with E-state index < -0.39 is 0 Å². The van der Waals surface area contributed by atoms with Crippen LogP contribution in [0.1, 0.15) is 28.8 Å². The van der Waals surface area contributed by atoms with Crippen LogP contribution in [0.5, 0.6) is 0 Å². The van der Waals surface area contributed by atoms with E-state index in [1.165, 1.54) is 11.1 Å². The predicted octanol–water partition coefficient (Wildman–Crippen LogP) is 4.91. The average Bonchev–Trinajstić information content (AvgIpc) is 3.32. The molecule has 0 radical (unpaired) electrons. The molecule has 144 valence electrons. The van der Waals surface area contributed by atoms with Crippen molar-refractivity contribution >= 4 is 23.1 Å². The minimum absolute atomic E-state index is 0.515. The highest BCUT2D eigenvalue weighted by atomic mass is 15.0. The molecule has 3 aromatic heterocycles. The maximum absolute atomic E-state index is 8.99. The molecule has 0 saturated heterocycles. The Balaban J connectivity index is 1.90. The molecule has 1 aromatic carbocycles. The first-order valence-corrected chi connectivity index (χ1v) is 9.64. The van der Waals surface area contributed by atoms with Gasteiger partial charge >= 0.3 is 0 Å². The molecule has 3 heterocycles. The fourth-order valence-electron chi connectivity index (χ4n) is 3.60. The molecule has 5 heteroatoms. The molecule has 4 aromatic rings. The van der Waals surface area contributed by atoms with Crippen LogP contribution in [0.3, 0.4) is 0 Å². The summed E-state index contributed by atoms with van der Waals surface area (Å²) >= 11 is 0. The second-order valence-electron chi connectivity index (χ2n) is 7.32. The van der Waals surface area contributed by atoms with Gasteiger partial charge in [-0.25, -0.2) is 9.97 Å². The molecule has 0 unspecified atom stereocenters. The number of imidazole rings is 1. The van der Waals surface area contributed by atoms with Crippen molar-refractivity contribution in [2.24, 2.45) is 14.1 Å². The smallest absolute Gasteiger partial charge is 0.0948 e. The number of hydrogen-bond donors (Lipinski definition) is 0. The van der Waals surface area contributed by atoms with Crippen LogP contribution < -0.4 is 0 Å². The topological polar surface area (TPSA) is 59.4 Å². The highest BCUT2D eigenvalue weighted by Gasteiger charge is 2.11. The molecule has 29 heavy (non-hydrogen) atoms. The third kappa shape index (κ3) is 3.70. The SMILES string of the molecule is Cc1cc2nc(-c3cncn3C)cc(C=Cc3cccn3C)c2cc1CCC#N. The summed E-state index contributed by atoms with van der Waals surface area (Å²) in [5.41, 5.74) is 7.43. The number of aromatic nitrogens is 4. The second kappa shape index (κ2) is 7.76. The van der Waals surface area contributed by atoms with Gasteiger partial charge in [-0.2, -0.15) is 5.26 Å². The molecule has 0 N–H and O–H groups in total. The summed E-state index contributed by atoms with van der Waals surface area (Å²) in [5.74, 6) is 0. The first kappa shape index (κ1) is 18.7. The molecule has 0 aliphatic rings. The Hall–Kier alpha value is -3.65. The molecule has 0 aliphatic heterocycles. The van der Waals surface area contributed by atoms with Crippen molar-refractivity contribution in [1.29, 1.82) is 5.26 Å². The summed E-state index contributed by atoms with van der Waals surface area (Å²) in [4.78, 5) is 9.16. The molecule has 0 saturated carbocycles. The Kier molecular flexibility index (Phi) is 5.01. The highest BCUT2D eigenvalue weighted by molar-refractivity contribution is 5.93. The molecule has 0 bridgehead atoms. The zero-order chi connectivity index (χ0) is 20.4. The van der Waals surface area contributed by atoms with E-state index in [1.807, 2.05) is 37.1 Å². The Morgan fingerprint density at radius 1 is 1.14 bits per heavy atom. The maximum Gasteiger partial charge on any atom is 0.0948 e. The fraction of sp³-hybridized carbons (Fsp3) is 0.208. The number of aryl methyl sites for hydroxylation is 4. The van der Waals surface area contributed by atoms with Crippen molar-refractivity contribution in [2.45, 2.75) is 19.8 Å². The van der Waals surface area contributed by atoms with Gasteiger partial charge in [-0.3, -0.25) is 0 Å². The van der Waals surface area contributed by atoms with Crippen LogP contribution in [0.2, 0.25) is 0 Å². The van der Waals surface area contributed by atoms with Gasteiger partial charge in [-0.1, -0.05) is 6.08 Å².